The lowest BCUT2D eigenvalue weighted by Gasteiger charge is -2.15. The van der Waals surface area contributed by atoms with Crippen molar-refractivity contribution in [3.8, 4) is 5.75 Å². The lowest BCUT2D eigenvalue weighted by Crippen LogP contribution is -2.17. The summed E-state index contributed by atoms with van der Waals surface area (Å²) in [5, 5.41) is 10.1. The minimum Gasteiger partial charge on any atom is -0.406 e. The fourth-order valence-corrected chi connectivity index (χ4v) is 1.94. The van der Waals surface area contributed by atoms with Crippen molar-refractivity contribution in [2.45, 2.75) is 19.4 Å². The highest BCUT2D eigenvalue weighted by atomic mass is 19.4. The van der Waals surface area contributed by atoms with Crippen molar-refractivity contribution in [1.29, 1.82) is 0 Å². The Balaban J connectivity index is 2.33. The number of aliphatic hydroxyl groups excluding tert-OH is 1. The van der Waals surface area contributed by atoms with Crippen molar-refractivity contribution < 1.29 is 27.4 Å². The first-order chi connectivity index (χ1) is 9.78. The SMILES string of the molecule is Cc1cccc(C(O)c2cccc(OC(F)(F)F)c2)c1F. The molecule has 0 bridgehead atoms. The molecule has 0 aliphatic carbocycles. The van der Waals surface area contributed by atoms with Crippen molar-refractivity contribution in [1.82, 2.24) is 0 Å². The van der Waals surface area contributed by atoms with E-state index in [9.17, 15) is 22.7 Å². The van der Waals surface area contributed by atoms with E-state index in [1.807, 2.05) is 0 Å². The fourth-order valence-electron chi connectivity index (χ4n) is 1.94. The van der Waals surface area contributed by atoms with Gasteiger partial charge in [-0.2, -0.15) is 0 Å². The Kier molecular flexibility index (Phi) is 4.18. The van der Waals surface area contributed by atoms with Crippen LogP contribution in [-0.2, 0) is 0 Å². The minimum absolute atomic E-state index is 0.000779. The highest BCUT2D eigenvalue weighted by Gasteiger charge is 2.31. The van der Waals surface area contributed by atoms with Crippen molar-refractivity contribution in [2.24, 2.45) is 0 Å². The van der Waals surface area contributed by atoms with E-state index in [-0.39, 0.29) is 11.1 Å². The van der Waals surface area contributed by atoms with Gasteiger partial charge in [-0.25, -0.2) is 4.39 Å². The molecule has 0 radical (unpaired) electrons. The van der Waals surface area contributed by atoms with Crippen LogP contribution in [0.2, 0.25) is 0 Å². The van der Waals surface area contributed by atoms with Crippen LogP contribution in [0, 0.1) is 12.7 Å². The van der Waals surface area contributed by atoms with E-state index in [4.69, 9.17) is 0 Å². The van der Waals surface area contributed by atoms with Crippen LogP contribution in [0.5, 0.6) is 5.75 Å². The standard InChI is InChI=1S/C15H12F4O2/c1-9-4-2-7-12(13(9)16)14(20)10-5-3-6-11(8-10)21-15(17,18)19/h2-8,14,20H,1H3. The number of aliphatic hydroxyl groups is 1. The second kappa shape index (κ2) is 5.73. The first-order valence-corrected chi connectivity index (χ1v) is 6.07. The molecular formula is C15H12F4O2. The molecule has 1 unspecified atom stereocenters. The molecule has 0 heterocycles. The number of hydrogen-bond donors (Lipinski definition) is 1. The van der Waals surface area contributed by atoms with Crippen LogP contribution in [-0.4, -0.2) is 11.5 Å². The number of rotatable bonds is 3. The summed E-state index contributed by atoms with van der Waals surface area (Å²) in [4.78, 5) is 0. The summed E-state index contributed by atoms with van der Waals surface area (Å²) in [5.74, 6) is -1.06. The zero-order valence-corrected chi connectivity index (χ0v) is 11.0. The van der Waals surface area contributed by atoms with Gasteiger partial charge in [0.05, 0.1) is 0 Å². The van der Waals surface area contributed by atoms with Gasteiger partial charge in [-0.1, -0.05) is 30.3 Å². The molecule has 2 aromatic carbocycles. The topological polar surface area (TPSA) is 29.5 Å². The monoisotopic (exact) mass is 300 g/mol. The lowest BCUT2D eigenvalue weighted by molar-refractivity contribution is -0.274. The summed E-state index contributed by atoms with van der Waals surface area (Å²) in [6, 6.07) is 9.31. The summed E-state index contributed by atoms with van der Waals surface area (Å²) < 4.78 is 54.2. The van der Waals surface area contributed by atoms with Gasteiger partial charge in [0.1, 0.15) is 17.7 Å². The molecule has 0 spiro atoms. The van der Waals surface area contributed by atoms with Gasteiger partial charge in [0.2, 0.25) is 0 Å². The summed E-state index contributed by atoms with van der Waals surface area (Å²) in [7, 11) is 0. The number of halogens is 4. The summed E-state index contributed by atoms with van der Waals surface area (Å²) in [5.41, 5.74) is 0.453. The fraction of sp³-hybridized carbons (Fsp3) is 0.200. The molecular weight excluding hydrogens is 288 g/mol. The molecule has 0 fully saturated rings. The Morgan fingerprint density at radius 2 is 1.76 bits per heavy atom. The normalized spacial score (nSPS) is 13.0. The highest BCUT2D eigenvalue weighted by molar-refractivity contribution is 5.37. The number of alkyl halides is 3. The number of aryl methyl sites for hydroxylation is 1. The first kappa shape index (κ1) is 15.3. The molecule has 2 aromatic rings. The van der Waals surface area contributed by atoms with E-state index in [0.717, 1.165) is 12.1 Å². The predicted molar refractivity (Wildman–Crippen MR) is 68.3 cm³/mol. The van der Waals surface area contributed by atoms with E-state index >= 15 is 0 Å². The molecule has 1 N–H and O–H groups in total. The largest absolute Gasteiger partial charge is 0.573 e. The Bertz CT molecular complexity index is 638. The molecule has 2 rings (SSSR count). The predicted octanol–water partition coefficient (Wildman–Crippen LogP) is 4.11. The quantitative estimate of drug-likeness (QED) is 0.864. The number of benzene rings is 2. The van der Waals surface area contributed by atoms with Gasteiger partial charge in [0.15, 0.2) is 0 Å². The molecule has 21 heavy (non-hydrogen) atoms. The van der Waals surface area contributed by atoms with Gasteiger partial charge >= 0.3 is 6.36 Å². The first-order valence-electron chi connectivity index (χ1n) is 6.07. The van der Waals surface area contributed by atoms with E-state index in [2.05, 4.69) is 4.74 Å². The Labute approximate surface area is 118 Å². The van der Waals surface area contributed by atoms with Crippen LogP contribution in [0.1, 0.15) is 22.8 Å². The molecule has 0 aromatic heterocycles. The van der Waals surface area contributed by atoms with E-state index in [1.54, 1.807) is 6.07 Å². The minimum atomic E-state index is -4.82. The van der Waals surface area contributed by atoms with Crippen LogP contribution in [0.25, 0.3) is 0 Å². The second-order valence-electron chi connectivity index (χ2n) is 4.50. The molecule has 1 atom stereocenters. The van der Waals surface area contributed by atoms with Gasteiger partial charge < -0.3 is 9.84 Å². The van der Waals surface area contributed by atoms with Crippen LogP contribution >= 0.6 is 0 Å². The molecule has 0 saturated carbocycles. The van der Waals surface area contributed by atoms with Crippen LogP contribution in [0.4, 0.5) is 17.6 Å². The maximum absolute atomic E-state index is 13.9. The van der Waals surface area contributed by atoms with Gasteiger partial charge in [-0.15, -0.1) is 13.2 Å². The Morgan fingerprint density at radius 1 is 1.10 bits per heavy atom. The van der Waals surface area contributed by atoms with Crippen molar-refractivity contribution >= 4 is 0 Å². The molecule has 0 aliphatic rings. The van der Waals surface area contributed by atoms with E-state index in [0.29, 0.717) is 5.56 Å². The molecule has 0 amide bonds. The van der Waals surface area contributed by atoms with Gasteiger partial charge in [-0.05, 0) is 30.2 Å². The summed E-state index contributed by atoms with van der Waals surface area (Å²) in [6.07, 6.45) is -6.19. The molecule has 0 aliphatic heterocycles. The average molecular weight is 300 g/mol. The second-order valence-corrected chi connectivity index (χ2v) is 4.50. The third-order valence-corrected chi connectivity index (χ3v) is 2.92. The molecule has 112 valence electrons. The Hall–Kier alpha value is -2.08. The maximum Gasteiger partial charge on any atom is 0.573 e. The third kappa shape index (κ3) is 3.72. The summed E-state index contributed by atoms with van der Waals surface area (Å²) >= 11 is 0. The molecule has 0 saturated heterocycles. The van der Waals surface area contributed by atoms with Crippen LogP contribution < -0.4 is 4.74 Å². The van der Waals surface area contributed by atoms with E-state index < -0.39 is 24.0 Å². The van der Waals surface area contributed by atoms with Gasteiger partial charge in [0, 0.05) is 5.56 Å². The van der Waals surface area contributed by atoms with Crippen molar-refractivity contribution in [3.63, 3.8) is 0 Å². The van der Waals surface area contributed by atoms with Crippen molar-refractivity contribution in [2.75, 3.05) is 0 Å². The van der Waals surface area contributed by atoms with E-state index in [1.165, 1.54) is 31.2 Å². The highest BCUT2D eigenvalue weighted by Crippen LogP contribution is 2.30. The zero-order chi connectivity index (χ0) is 15.6. The molecule has 6 heteroatoms. The zero-order valence-electron chi connectivity index (χ0n) is 11.0. The average Bonchev–Trinajstić information content (AvgIpc) is 2.39. The van der Waals surface area contributed by atoms with Crippen LogP contribution in [0.15, 0.2) is 42.5 Å². The maximum atomic E-state index is 13.9. The Morgan fingerprint density at radius 3 is 2.43 bits per heavy atom. The third-order valence-electron chi connectivity index (χ3n) is 2.92. The number of ether oxygens (including phenoxy) is 1. The van der Waals surface area contributed by atoms with Crippen molar-refractivity contribution in [3.05, 3.63) is 65.0 Å². The van der Waals surface area contributed by atoms with Gasteiger partial charge in [-0.3, -0.25) is 0 Å². The molecule has 2 nitrogen and oxygen atoms in total. The lowest BCUT2D eigenvalue weighted by atomic mass is 9.99. The smallest absolute Gasteiger partial charge is 0.406 e. The van der Waals surface area contributed by atoms with Crippen LogP contribution in [0.3, 0.4) is 0 Å². The van der Waals surface area contributed by atoms with Gasteiger partial charge in [0.25, 0.3) is 0 Å². The number of hydrogen-bond acceptors (Lipinski definition) is 2. The summed E-state index contributed by atoms with van der Waals surface area (Å²) in [6.45, 7) is 1.54.